The third-order valence-electron chi connectivity index (χ3n) is 3.51. The van der Waals surface area contributed by atoms with Gasteiger partial charge in [0, 0.05) is 19.2 Å². The number of carboxylic acids is 1. The highest BCUT2D eigenvalue weighted by molar-refractivity contribution is 7.93. The minimum atomic E-state index is -4.29. The average Bonchev–Trinajstić information content (AvgIpc) is 2.61. The number of methoxy groups -OCH3 is 2. The van der Waals surface area contributed by atoms with Crippen molar-refractivity contribution in [2.75, 3.05) is 32.2 Å². The Morgan fingerprint density at radius 3 is 2.29 bits per heavy atom. The highest BCUT2D eigenvalue weighted by Crippen LogP contribution is 2.36. The predicted molar refractivity (Wildman–Crippen MR) is 105 cm³/mol. The van der Waals surface area contributed by atoms with Crippen molar-refractivity contribution in [2.45, 2.75) is 4.90 Å². The van der Waals surface area contributed by atoms with E-state index in [1.165, 1.54) is 38.5 Å². The van der Waals surface area contributed by atoms with Gasteiger partial charge in [0.25, 0.3) is 10.0 Å². The van der Waals surface area contributed by atoms with Crippen LogP contribution < -0.4 is 14.2 Å². The van der Waals surface area contributed by atoms with Crippen molar-refractivity contribution in [3.8, 4) is 11.5 Å². The Bertz CT molecular complexity index is 959. The van der Waals surface area contributed by atoms with Crippen LogP contribution in [-0.4, -0.2) is 46.9 Å². The number of aromatic carboxylic acids is 1. The van der Waals surface area contributed by atoms with Gasteiger partial charge in [0.15, 0.2) is 11.5 Å². The van der Waals surface area contributed by atoms with Crippen molar-refractivity contribution in [1.82, 2.24) is 0 Å². The zero-order valence-electron chi connectivity index (χ0n) is 14.9. The van der Waals surface area contributed by atoms with Crippen LogP contribution in [0.15, 0.2) is 35.2 Å². The molecule has 11 heteroatoms. The van der Waals surface area contributed by atoms with Crippen LogP contribution in [0.2, 0.25) is 10.0 Å². The summed E-state index contributed by atoms with van der Waals surface area (Å²) in [7, 11) is -1.47. The van der Waals surface area contributed by atoms with Gasteiger partial charge < -0.3 is 19.3 Å². The normalized spacial score (nSPS) is 11.1. The molecule has 0 heterocycles. The molecule has 0 aliphatic carbocycles. The molecule has 0 bridgehead atoms. The maximum Gasteiger partial charge on any atom is 0.337 e. The van der Waals surface area contributed by atoms with Crippen molar-refractivity contribution < 1.29 is 32.5 Å². The first-order valence-corrected chi connectivity index (χ1v) is 9.99. The lowest BCUT2D eigenvalue weighted by atomic mass is 10.1. The summed E-state index contributed by atoms with van der Waals surface area (Å²) in [5, 5.41) is 9.25. The molecule has 0 atom stereocenters. The molecule has 0 fully saturated rings. The standard InChI is InChI=1S/C17H17Cl2NO7S/c1-25-6-7-27-15-9-13(10(17(21)22)8-14(15)26-2)20-28(23,24)16-11(18)4-3-5-12(16)19/h3-5,8-9,20H,6-7H2,1-2H3,(H,21,22). The summed E-state index contributed by atoms with van der Waals surface area (Å²) in [6, 6.07) is 6.55. The number of hydrogen-bond donors (Lipinski definition) is 2. The average molecular weight is 450 g/mol. The minimum Gasteiger partial charge on any atom is -0.493 e. The molecular formula is C17H17Cl2NO7S. The maximum atomic E-state index is 12.8. The van der Waals surface area contributed by atoms with Gasteiger partial charge >= 0.3 is 5.97 Å². The number of nitrogens with one attached hydrogen (secondary N) is 1. The van der Waals surface area contributed by atoms with E-state index < -0.39 is 16.0 Å². The lowest BCUT2D eigenvalue weighted by Gasteiger charge is -2.16. The van der Waals surface area contributed by atoms with Crippen LogP contribution in [0.5, 0.6) is 11.5 Å². The number of carboxylic acid groups (broad SMARTS) is 1. The number of benzene rings is 2. The molecule has 0 saturated carbocycles. The first-order chi connectivity index (χ1) is 13.2. The second-order valence-corrected chi connectivity index (χ2v) is 7.78. The Hall–Kier alpha value is -2.20. The number of ether oxygens (including phenoxy) is 3. The van der Waals surface area contributed by atoms with Gasteiger partial charge in [-0.2, -0.15) is 0 Å². The Morgan fingerprint density at radius 2 is 1.75 bits per heavy atom. The molecule has 0 unspecified atom stereocenters. The van der Waals surface area contributed by atoms with E-state index >= 15 is 0 Å². The first-order valence-electron chi connectivity index (χ1n) is 7.75. The summed E-state index contributed by atoms with van der Waals surface area (Å²) in [6.45, 7) is 0.405. The number of halogens is 2. The Balaban J connectivity index is 2.53. The van der Waals surface area contributed by atoms with Gasteiger partial charge in [0.05, 0.1) is 35.0 Å². The first kappa shape index (κ1) is 22.1. The van der Waals surface area contributed by atoms with Crippen LogP contribution in [0.1, 0.15) is 10.4 Å². The lowest BCUT2D eigenvalue weighted by molar-refractivity contribution is 0.0697. The van der Waals surface area contributed by atoms with Crippen molar-refractivity contribution >= 4 is 44.9 Å². The molecule has 0 aromatic heterocycles. The van der Waals surface area contributed by atoms with Crippen molar-refractivity contribution in [3.05, 3.63) is 45.9 Å². The topological polar surface area (TPSA) is 111 Å². The third-order valence-corrected chi connectivity index (χ3v) is 5.83. The number of carbonyl (C=O) groups is 1. The van der Waals surface area contributed by atoms with Gasteiger partial charge in [-0.15, -0.1) is 0 Å². The summed E-state index contributed by atoms with van der Waals surface area (Å²) in [5.41, 5.74) is -0.584. The molecule has 0 radical (unpaired) electrons. The molecule has 8 nitrogen and oxygen atoms in total. The summed E-state index contributed by atoms with van der Waals surface area (Å²) in [6.07, 6.45) is 0. The highest BCUT2D eigenvalue weighted by atomic mass is 35.5. The van der Waals surface area contributed by atoms with Gasteiger partial charge in [-0.1, -0.05) is 29.3 Å². The van der Waals surface area contributed by atoms with E-state index in [9.17, 15) is 18.3 Å². The van der Waals surface area contributed by atoms with E-state index in [1.54, 1.807) is 0 Å². The fraction of sp³-hybridized carbons (Fsp3) is 0.235. The van der Waals surface area contributed by atoms with E-state index in [1.807, 2.05) is 0 Å². The molecule has 152 valence electrons. The molecule has 0 aliphatic rings. The van der Waals surface area contributed by atoms with Crippen LogP contribution in [0.3, 0.4) is 0 Å². The maximum absolute atomic E-state index is 12.8. The zero-order valence-corrected chi connectivity index (χ0v) is 17.2. The van der Waals surface area contributed by atoms with Crippen LogP contribution in [-0.2, 0) is 14.8 Å². The van der Waals surface area contributed by atoms with E-state index in [0.717, 1.165) is 6.07 Å². The Labute approximate surface area is 172 Å². The predicted octanol–water partition coefficient (Wildman–Crippen LogP) is 3.53. The molecule has 2 N–H and O–H groups in total. The number of sulfonamides is 1. The van der Waals surface area contributed by atoms with Gasteiger partial charge in [0.1, 0.15) is 11.5 Å². The van der Waals surface area contributed by atoms with E-state index in [-0.39, 0.29) is 50.9 Å². The molecule has 0 saturated heterocycles. The van der Waals surface area contributed by atoms with Crippen LogP contribution in [0, 0.1) is 0 Å². The highest BCUT2D eigenvalue weighted by Gasteiger charge is 2.25. The van der Waals surface area contributed by atoms with Crippen LogP contribution in [0.25, 0.3) is 0 Å². The molecular weight excluding hydrogens is 433 g/mol. The molecule has 2 aromatic carbocycles. The lowest BCUT2D eigenvalue weighted by Crippen LogP contribution is -2.17. The number of anilines is 1. The fourth-order valence-corrected chi connectivity index (χ4v) is 4.48. The summed E-state index contributed by atoms with van der Waals surface area (Å²) in [4.78, 5) is 11.2. The van der Waals surface area contributed by atoms with Crippen LogP contribution >= 0.6 is 23.2 Å². The summed E-state index contributed by atoms with van der Waals surface area (Å²) < 4.78 is 43.3. The number of rotatable bonds is 9. The van der Waals surface area contributed by atoms with E-state index in [2.05, 4.69) is 4.72 Å². The van der Waals surface area contributed by atoms with E-state index in [0.29, 0.717) is 0 Å². The molecule has 0 spiro atoms. The van der Waals surface area contributed by atoms with Crippen LogP contribution in [0.4, 0.5) is 5.69 Å². The second kappa shape index (κ2) is 9.33. The fourth-order valence-electron chi connectivity index (χ4n) is 2.26. The largest absolute Gasteiger partial charge is 0.493 e. The monoisotopic (exact) mass is 449 g/mol. The molecule has 2 aromatic rings. The third kappa shape index (κ3) is 4.99. The smallest absolute Gasteiger partial charge is 0.337 e. The summed E-state index contributed by atoms with van der Waals surface area (Å²) in [5.74, 6) is -1.12. The van der Waals surface area contributed by atoms with Crippen molar-refractivity contribution in [2.24, 2.45) is 0 Å². The van der Waals surface area contributed by atoms with Gasteiger partial charge in [-0.05, 0) is 12.1 Å². The SMILES string of the molecule is COCCOc1cc(NS(=O)(=O)c2c(Cl)cccc2Cl)c(C(=O)O)cc1OC. The molecule has 2 rings (SSSR count). The van der Waals surface area contributed by atoms with Crippen molar-refractivity contribution in [1.29, 1.82) is 0 Å². The second-order valence-electron chi connectivity index (χ2n) is 5.35. The zero-order chi connectivity index (χ0) is 20.9. The Morgan fingerprint density at radius 1 is 1.11 bits per heavy atom. The summed E-state index contributed by atoms with van der Waals surface area (Å²) >= 11 is 11.9. The molecule has 0 amide bonds. The van der Waals surface area contributed by atoms with Gasteiger partial charge in [-0.25, -0.2) is 13.2 Å². The molecule has 28 heavy (non-hydrogen) atoms. The van der Waals surface area contributed by atoms with Gasteiger partial charge in [-0.3, -0.25) is 4.72 Å². The quantitative estimate of drug-likeness (QED) is 0.563. The van der Waals surface area contributed by atoms with E-state index in [4.69, 9.17) is 37.4 Å². The molecule has 0 aliphatic heterocycles. The minimum absolute atomic E-state index is 0.109. The van der Waals surface area contributed by atoms with Gasteiger partial charge in [0.2, 0.25) is 0 Å². The Kier molecular flexibility index (Phi) is 7.36. The number of hydrogen-bond acceptors (Lipinski definition) is 6. The van der Waals surface area contributed by atoms with Crippen molar-refractivity contribution in [3.63, 3.8) is 0 Å².